The van der Waals surface area contributed by atoms with Crippen LogP contribution in [-0.2, 0) is 6.18 Å². The molecular weight excluding hydrogens is 313 g/mol. The summed E-state index contributed by atoms with van der Waals surface area (Å²) in [5.74, 6) is 0. The second kappa shape index (κ2) is 5.50. The van der Waals surface area contributed by atoms with Crippen LogP contribution in [0.2, 0.25) is 5.02 Å². The lowest BCUT2D eigenvalue weighted by Gasteiger charge is -2.14. The normalized spacial score (nSPS) is 11.6. The summed E-state index contributed by atoms with van der Waals surface area (Å²) in [6.07, 6.45) is -2.97. The Bertz CT molecular complexity index is 809. The Morgan fingerprint density at radius 3 is 2.45 bits per heavy atom. The number of hydrogen-bond donors (Lipinski definition) is 0. The Morgan fingerprint density at radius 1 is 0.955 bits per heavy atom. The van der Waals surface area contributed by atoms with Crippen LogP contribution < -0.4 is 0 Å². The zero-order chi connectivity index (χ0) is 15.7. The largest absolute Gasteiger partial charge is 0.417 e. The summed E-state index contributed by atoms with van der Waals surface area (Å²) in [5.41, 5.74) is 0.339. The average Bonchev–Trinajstić information content (AvgIpc) is 2.95. The van der Waals surface area contributed by atoms with Crippen LogP contribution in [0.3, 0.4) is 0 Å². The molecule has 1 aromatic heterocycles. The summed E-state index contributed by atoms with van der Waals surface area (Å²) in [6.45, 7) is 0. The van der Waals surface area contributed by atoms with E-state index in [1.807, 2.05) is 0 Å². The molecule has 112 valence electrons. The lowest BCUT2D eigenvalue weighted by atomic mass is 10.0. The van der Waals surface area contributed by atoms with Crippen molar-refractivity contribution in [2.45, 2.75) is 6.18 Å². The molecule has 2 nitrogen and oxygen atoms in total. The van der Waals surface area contributed by atoms with Gasteiger partial charge in [0.15, 0.2) is 0 Å². The Balaban J connectivity index is 2.19. The van der Waals surface area contributed by atoms with Crippen molar-refractivity contribution >= 4 is 11.6 Å². The van der Waals surface area contributed by atoms with Crippen LogP contribution in [0.1, 0.15) is 5.56 Å². The molecule has 1 heterocycles. The number of halogens is 4. The molecule has 0 aliphatic rings. The first-order chi connectivity index (χ1) is 10.5. The summed E-state index contributed by atoms with van der Waals surface area (Å²) in [7, 11) is 0. The van der Waals surface area contributed by atoms with Crippen molar-refractivity contribution in [3.63, 3.8) is 0 Å². The van der Waals surface area contributed by atoms with Crippen molar-refractivity contribution in [1.82, 2.24) is 9.78 Å². The standard InChI is InChI=1S/C16H10ClF3N2/c17-11-4-3-5-12(10-11)22-15(8-9-21-22)13-6-1-2-7-14(13)16(18,19)20/h1-10H. The van der Waals surface area contributed by atoms with Gasteiger partial charge in [-0.1, -0.05) is 35.9 Å². The van der Waals surface area contributed by atoms with Gasteiger partial charge in [-0.3, -0.25) is 0 Å². The molecule has 0 radical (unpaired) electrons. The van der Waals surface area contributed by atoms with E-state index in [9.17, 15) is 13.2 Å². The highest BCUT2D eigenvalue weighted by atomic mass is 35.5. The second-order valence-corrected chi connectivity index (χ2v) is 5.09. The van der Waals surface area contributed by atoms with Gasteiger partial charge in [0.25, 0.3) is 0 Å². The van der Waals surface area contributed by atoms with Gasteiger partial charge in [-0.2, -0.15) is 18.3 Å². The predicted octanol–water partition coefficient (Wildman–Crippen LogP) is 5.21. The summed E-state index contributed by atoms with van der Waals surface area (Å²) in [5, 5.41) is 4.61. The molecule has 0 fully saturated rings. The molecule has 0 aliphatic heterocycles. The lowest BCUT2D eigenvalue weighted by Crippen LogP contribution is -2.08. The number of nitrogens with zero attached hydrogens (tertiary/aromatic N) is 2. The van der Waals surface area contributed by atoms with E-state index in [2.05, 4.69) is 5.10 Å². The van der Waals surface area contributed by atoms with Gasteiger partial charge >= 0.3 is 6.18 Å². The van der Waals surface area contributed by atoms with Crippen molar-refractivity contribution in [2.75, 3.05) is 0 Å². The topological polar surface area (TPSA) is 17.8 Å². The summed E-state index contributed by atoms with van der Waals surface area (Å²) >= 11 is 5.94. The number of alkyl halides is 3. The van der Waals surface area contributed by atoms with Crippen molar-refractivity contribution in [3.05, 3.63) is 71.4 Å². The van der Waals surface area contributed by atoms with Gasteiger partial charge in [-0.25, -0.2) is 4.68 Å². The van der Waals surface area contributed by atoms with E-state index in [-0.39, 0.29) is 5.56 Å². The molecule has 0 saturated carbocycles. The molecule has 3 aromatic rings. The molecule has 6 heteroatoms. The maximum absolute atomic E-state index is 13.2. The van der Waals surface area contributed by atoms with Gasteiger partial charge in [-0.15, -0.1) is 0 Å². The highest BCUT2D eigenvalue weighted by Crippen LogP contribution is 2.37. The average molecular weight is 323 g/mol. The first kappa shape index (κ1) is 14.7. The van der Waals surface area contributed by atoms with Crippen molar-refractivity contribution in [2.24, 2.45) is 0 Å². The third-order valence-electron chi connectivity index (χ3n) is 3.20. The van der Waals surface area contributed by atoms with Gasteiger partial charge in [-0.05, 0) is 30.3 Å². The summed E-state index contributed by atoms with van der Waals surface area (Å²) in [6, 6.07) is 13.8. The van der Waals surface area contributed by atoms with Crippen molar-refractivity contribution < 1.29 is 13.2 Å². The van der Waals surface area contributed by atoms with E-state index in [4.69, 9.17) is 11.6 Å². The molecule has 3 rings (SSSR count). The van der Waals surface area contributed by atoms with Crippen molar-refractivity contribution in [3.8, 4) is 16.9 Å². The van der Waals surface area contributed by atoms with E-state index in [1.165, 1.54) is 23.0 Å². The zero-order valence-corrected chi connectivity index (χ0v) is 11.9. The minimum Gasteiger partial charge on any atom is -0.233 e. The SMILES string of the molecule is FC(F)(F)c1ccccc1-c1ccnn1-c1cccc(Cl)c1. The first-order valence-electron chi connectivity index (χ1n) is 6.43. The lowest BCUT2D eigenvalue weighted by molar-refractivity contribution is -0.137. The maximum Gasteiger partial charge on any atom is 0.417 e. The van der Waals surface area contributed by atoms with Crippen LogP contribution >= 0.6 is 11.6 Å². The molecule has 0 bridgehead atoms. The van der Waals surface area contributed by atoms with Crippen LogP contribution in [0.25, 0.3) is 16.9 Å². The van der Waals surface area contributed by atoms with E-state index in [1.54, 1.807) is 36.4 Å². The quantitative estimate of drug-likeness (QED) is 0.633. The summed E-state index contributed by atoms with van der Waals surface area (Å²) in [4.78, 5) is 0. The molecule has 0 spiro atoms. The number of hydrogen-bond acceptors (Lipinski definition) is 1. The van der Waals surface area contributed by atoms with Gasteiger partial charge in [0.05, 0.1) is 23.1 Å². The van der Waals surface area contributed by atoms with E-state index >= 15 is 0 Å². The molecule has 2 aromatic carbocycles. The molecule has 0 aliphatic carbocycles. The van der Waals surface area contributed by atoms with Gasteiger partial charge < -0.3 is 0 Å². The highest BCUT2D eigenvalue weighted by Gasteiger charge is 2.34. The smallest absolute Gasteiger partial charge is 0.233 e. The summed E-state index contributed by atoms with van der Waals surface area (Å²) < 4.78 is 41.0. The predicted molar refractivity (Wildman–Crippen MR) is 79.0 cm³/mol. The number of rotatable bonds is 2. The van der Waals surface area contributed by atoms with Crippen LogP contribution in [0, 0.1) is 0 Å². The fraction of sp³-hybridized carbons (Fsp3) is 0.0625. The second-order valence-electron chi connectivity index (χ2n) is 4.65. The molecule has 0 N–H and O–H groups in total. The van der Waals surface area contributed by atoms with E-state index in [0.717, 1.165) is 6.07 Å². The van der Waals surface area contributed by atoms with Crippen LogP contribution in [-0.4, -0.2) is 9.78 Å². The monoisotopic (exact) mass is 322 g/mol. The first-order valence-corrected chi connectivity index (χ1v) is 6.81. The Kier molecular flexibility index (Phi) is 3.66. The fourth-order valence-corrected chi connectivity index (χ4v) is 2.46. The highest BCUT2D eigenvalue weighted by molar-refractivity contribution is 6.30. The molecule has 0 amide bonds. The van der Waals surface area contributed by atoms with Gasteiger partial charge in [0.2, 0.25) is 0 Å². The number of aromatic nitrogens is 2. The van der Waals surface area contributed by atoms with Gasteiger partial charge in [0.1, 0.15) is 0 Å². The Morgan fingerprint density at radius 2 is 1.73 bits per heavy atom. The zero-order valence-electron chi connectivity index (χ0n) is 11.2. The maximum atomic E-state index is 13.2. The molecule has 0 unspecified atom stereocenters. The van der Waals surface area contributed by atoms with Crippen LogP contribution in [0.5, 0.6) is 0 Å². The molecule has 0 saturated heterocycles. The molecule has 0 atom stereocenters. The molecular formula is C16H10ClF3N2. The van der Waals surface area contributed by atoms with E-state index < -0.39 is 11.7 Å². The minimum absolute atomic E-state index is 0.0764. The Hall–Kier alpha value is -2.27. The number of benzene rings is 2. The molecule has 22 heavy (non-hydrogen) atoms. The fourth-order valence-electron chi connectivity index (χ4n) is 2.27. The third kappa shape index (κ3) is 2.72. The third-order valence-corrected chi connectivity index (χ3v) is 3.44. The minimum atomic E-state index is -4.43. The van der Waals surface area contributed by atoms with Crippen LogP contribution in [0.15, 0.2) is 60.8 Å². The van der Waals surface area contributed by atoms with Gasteiger partial charge in [0, 0.05) is 10.6 Å². The van der Waals surface area contributed by atoms with Crippen molar-refractivity contribution in [1.29, 1.82) is 0 Å². The van der Waals surface area contributed by atoms with Crippen LogP contribution in [0.4, 0.5) is 13.2 Å². The Labute approximate surface area is 129 Å². The van der Waals surface area contributed by atoms with E-state index in [0.29, 0.717) is 16.4 Å².